The van der Waals surface area contributed by atoms with Crippen molar-refractivity contribution < 1.29 is 43.1 Å². The van der Waals surface area contributed by atoms with Crippen molar-refractivity contribution in [2.24, 2.45) is 5.73 Å². The van der Waals surface area contributed by atoms with Gasteiger partial charge >= 0.3 is 5.97 Å². The minimum atomic E-state index is -0.985. The van der Waals surface area contributed by atoms with Crippen molar-refractivity contribution in [3.05, 3.63) is 47.5 Å². The molecule has 0 aliphatic carbocycles. The van der Waals surface area contributed by atoms with Gasteiger partial charge in [0.05, 0.1) is 24.4 Å². The first-order valence-corrected chi connectivity index (χ1v) is 13.3. The largest absolute Gasteiger partial charge is 0.456 e. The lowest BCUT2D eigenvalue weighted by atomic mass is 10.1. The molecule has 220 valence electrons. The fourth-order valence-corrected chi connectivity index (χ4v) is 3.95. The van der Waals surface area contributed by atoms with E-state index in [1.54, 1.807) is 20.8 Å². The lowest BCUT2D eigenvalue weighted by Gasteiger charge is -2.20. The lowest BCUT2D eigenvalue weighted by Crippen LogP contribution is -2.49. The third kappa shape index (κ3) is 11.0. The molecular weight excluding hydrogens is 558 g/mol. The quantitative estimate of drug-likeness (QED) is 0.144. The summed E-state index contributed by atoms with van der Waals surface area (Å²) in [5, 5.41) is 4.43. The predicted octanol–water partition coefficient (Wildman–Crippen LogP) is -1.01. The van der Waals surface area contributed by atoms with Crippen LogP contribution in [0.25, 0.3) is 0 Å². The summed E-state index contributed by atoms with van der Waals surface area (Å²) in [5.41, 5.74) is 4.68. The number of amides is 6. The van der Waals surface area contributed by atoms with Crippen LogP contribution in [0.15, 0.2) is 36.4 Å². The molecule has 0 fully saturated rings. The number of benzene rings is 1. The number of carbonyl (C=O) groups is 8. The maximum absolute atomic E-state index is 12.7. The molecule has 1 aliphatic heterocycles. The van der Waals surface area contributed by atoms with Crippen molar-refractivity contribution in [2.45, 2.75) is 26.4 Å². The summed E-state index contributed by atoms with van der Waals surface area (Å²) < 4.78 is 5.29. The number of hydrogen-bond acceptors (Lipinski definition) is 11. The molecule has 1 heterocycles. The summed E-state index contributed by atoms with van der Waals surface area (Å²) in [6.45, 7) is 3.61. The molecule has 0 aromatic heterocycles. The highest BCUT2D eigenvalue weighted by atomic mass is 32.2. The van der Waals surface area contributed by atoms with Crippen LogP contribution in [0.5, 0.6) is 0 Å². The SMILES string of the molecule is CC(C)(C)OC(=O)c1cccc(C(=O)SCC(=O)N(CC(N)=O)C(=O)CNC(=O)CNCCN2C(=O)C=CC2=O)c1. The molecule has 0 radical (unpaired) electrons. The molecule has 1 aliphatic rings. The van der Waals surface area contributed by atoms with Gasteiger partial charge in [-0.15, -0.1) is 0 Å². The Bertz CT molecular complexity index is 1250. The number of rotatable bonds is 13. The Kier molecular flexibility index (Phi) is 11.9. The normalized spacial score (nSPS) is 12.7. The monoisotopic (exact) mass is 589 g/mol. The van der Waals surface area contributed by atoms with Crippen molar-refractivity contribution >= 4 is 58.3 Å². The molecule has 2 rings (SSSR count). The van der Waals surface area contributed by atoms with E-state index in [0.717, 1.165) is 17.1 Å². The maximum Gasteiger partial charge on any atom is 0.338 e. The van der Waals surface area contributed by atoms with Gasteiger partial charge in [0.15, 0.2) is 0 Å². The van der Waals surface area contributed by atoms with Crippen LogP contribution in [-0.4, -0.2) is 100 Å². The average Bonchev–Trinajstić information content (AvgIpc) is 3.22. The first-order chi connectivity index (χ1) is 19.2. The molecular formula is C26H31N5O9S. The van der Waals surface area contributed by atoms with Crippen LogP contribution >= 0.6 is 11.8 Å². The van der Waals surface area contributed by atoms with E-state index in [9.17, 15) is 38.4 Å². The van der Waals surface area contributed by atoms with E-state index in [2.05, 4.69) is 10.6 Å². The van der Waals surface area contributed by atoms with Crippen molar-refractivity contribution in [2.75, 3.05) is 38.5 Å². The van der Waals surface area contributed by atoms with Crippen LogP contribution in [0.2, 0.25) is 0 Å². The summed E-state index contributed by atoms with van der Waals surface area (Å²) in [4.78, 5) is 98.2. The third-order valence-corrected chi connectivity index (χ3v) is 6.00. The van der Waals surface area contributed by atoms with Gasteiger partial charge in [0.2, 0.25) is 28.7 Å². The summed E-state index contributed by atoms with van der Waals surface area (Å²) in [6.07, 6.45) is 2.27. The number of imide groups is 2. The minimum absolute atomic E-state index is 0.0411. The first kappa shape index (κ1) is 32.8. The van der Waals surface area contributed by atoms with E-state index in [1.807, 2.05) is 0 Å². The number of carbonyl (C=O) groups excluding carboxylic acids is 8. The van der Waals surface area contributed by atoms with Crippen LogP contribution in [0.1, 0.15) is 41.5 Å². The molecule has 0 saturated carbocycles. The number of nitrogens with one attached hydrogen (secondary N) is 2. The van der Waals surface area contributed by atoms with Gasteiger partial charge in [0.1, 0.15) is 12.1 Å². The molecule has 14 nitrogen and oxygen atoms in total. The zero-order chi connectivity index (χ0) is 30.7. The molecule has 0 spiro atoms. The molecule has 1 aromatic carbocycles. The molecule has 41 heavy (non-hydrogen) atoms. The van der Waals surface area contributed by atoms with Gasteiger partial charge < -0.3 is 21.1 Å². The fourth-order valence-electron chi connectivity index (χ4n) is 3.25. The minimum Gasteiger partial charge on any atom is -0.456 e. The molecule has 0 atom stereocenters. The van der Waals surface area contributed by atoms with E-state index < -0.39 is 71.0 Å². The van der Waals surface area contributed by atoms with Gasteiger partial charge in [-0.25, -0.2) is 4.79 Å². The predicted molar refractivity (Wildman–Crippen MR) is 146 cm³/mol. The van der Waals surface area contributed by atoms with Crippen LogP contribution in [0.3, 0.4) is 0 Å². The van der Waals surface area contributed by atoms with Crippen molar-refractivity contribution in [1.29, 1.82) is 0 Å². The zero-order valence-electron chi connectivity index (χ0n) is 22.8. The average molecular weight is 590 g/mol. The second kappa shape index (κ2) is 14.9. The highest BCUT2D eigenvalue weighted by molar-refractivity contribution is 8.14. The van der Waals surface area contributed by atoms with Crippen LogP contribution in [0.4, 0.5) is 0 Å². The Morgan fingerprint density at radius 1 is 0.976 bits per heavy atom. The van der Waals surface area contributed by atoms with E-state index in [1.165, 1.54) is 24.3 Å². The summed E-state index contributed by atoms with van der Waals surface area (Å²) >= 11 is 0.552. The number of nitrogens with zero attached hydrogens (tertiary/aromatic N) is 2. The van der Waals surface area contributed by atoms with Crippen LogP contribution in [0, 0.1) is 0 Å². The Labute approximate surface area is 240 Å². The number of thioether (sulfide) groups is 1. The van der Waals surface area contributed by atoms with Gasteiger partial charge in [-0.1, -0.05) is 23.9 Å². The fraction of sp³-hybridized carbons (Fsp3) is 0.385. The first-order valence-electron chi connectivity index (χ1n) is 12.3. The van der Waals surface area contributed by atoms with E-state index in [-0.39, 0.29) is 30.8 Å². The number of hydrogen-bond donors (Lipinski definition) is 3. The molecule has 4 N–H and O–H groups in total. The molecule has 1 aromatic rings. The van der Waals surface area contributed by atoms with Crippen LogP contribution < -0.4 is 16.4 Å². The maximum atomic E-state index is 12.7. The third-order valence-electron chi connectivity index (χ3n) is 5.11. The highest BCUT2D eigenvalue weighted by Gasteiger charge is 2.26. The lowest BCUT2D eigenvalue weighted by molar-refractivity contribution is -0.146. The number of nitrogens with two attached hydrogens (primary N) is 1. The van der Waals surface area contributed by atoms with Crippen molar-refractivity contribution in [3.63, 3.8) is 0 Å². The van der Waals surface area contributed by atoms with Crippen LogP contribution in [-0.2, 0) is 33.5 Å². The topological polar surface area (TPSA) is 202 Å². The van der Waals surface area contributed by atoms with Gasteiger partial charge in [0, 0.05) is 30.8 Å². The van der Waals surface area contributed by atoms with E-state index in [4.69, 9.17) is 10.5 Å². The van der Waals surface area contributed by atoms with Crippen molar-refractivity contribution in [3.8, 4) is 0 Å². The molecule has 0 unspecified atom stereocenters. The van der Waals surface area contributed by atoms with Crippen molar-refractivity contribution in [1.82, 2.24) is 20.4 Å². The Hall–Kier alpha value is -4.37. The Morgan fingerprint density at radius 2 is 1.61 bits per heavy atom. The van der Waals surface area contributed by atoms with E-state index >= 15 is 0 Å². The molecule has 15 heteroatoms. The molecule has 0 bridgehead atoms. The number of esters is 1. The van der Waals surface area contributed by atoms with E-state index in [0.29, 0.717) is 16.7 Å². The molecule has 6 amide bonds. The number of ether oxygens (including phenoxy) is 1. The highest BCUT2D eigenvalue weighted by Crippen LogP contribution is 2.17. The molecule has 0 saturated heterocycles. The standard InChI is InChI=1S/C26H31N5O9S/c1-26(2,3)40-24(38)16-5-4-6-17(11-16)25(39)41-15-23(37)31(14-18(27)32)22(36)13-29-19(33)12-28-9-10-30-20(34)7-8-21(30)35/h4-8,11,28H,9-10,12-15H2,1-3H3,(H2,27,32)(H,29,33). The summed E-state index contributed by atoms with van der Waals surface area (Å²) in [7, 11) is 0. The summed E-state index contributed by atoms with van der Waals surface area (Å²) in [6, 6.07) is 5.73. The van der Waals surface area contributed by atoms with Gasteiger partial charge in [-0.05, 0) is 32.9 Å². The Balaban J connectivity index is 1.86. The second-order valence-corrected chi connectivity index (χ2v) is 10.6. The van der Waals surface area contributed by atoms with Gasteiger partial charge in [0.25, 0.3) is 11.8 Å². The zero-order valence-corrected chi connectivity index (χ0v) is 23.6. The van der Waals surface area contributed by atoms with Gasteiger partial charge in [-0.2, -0.15) is 0 Å². The Morgan fingerprint density at radius 3 is 2.22 bits per heavy atom. The van der Waals surface area contributed by atoms with Gasteiger partial charge in [-0.3, -0.25) is 43.4 Å². The number of primary amides is 1. The summed E-state index contributed by atoms with van der Waals surface area (Å²) in [5.74, 6) is -5.50. The smallest absolute Gasteiger partial charge is 0.338 e. The second-order valence-electron chi connectivity index (χ2n) is 9.61.